The molecule has 2 fully saturated rings. The molecule has 40 heavy (non-hydrogen) atoms. The second kappa shape index (κ2) is 9.49. The standard InChI is InChI=1S/C32H34FN5O2/c1-19-30(37(3)36-35-19)22-15-28-29(34-18-22)24-16-26(33)25(32(2,39)23-9-10-23)17-27(24)38(28)31(20-7-5-4-6-8-20)21-11-13-40-14-12-21/h4-8,15-18,21,23,31,39H,9-14H2,1-3H3/t31-,32?/m0/s1. The molecule has 0 amide bonds. The first-order chi connectivity index (χ1) is 19.3. The van der Waals surface area contributed by atoms with Gasteiger partial charge in [-0.25, -0.2) is 9.07 Å². The average molecular weight is 540 g/mol. The molecule has 1 saturated heterocycles. The zero-order chi connectivity index (χ0) is 27.6. The van der Waals surface area contributed by atoms with Crippen LogP contribution >= 0.6 is 0 Å². The van der Waals surface area contributed by atoms with Gasteiger partial charge in [0.15, 0.2) is 0 Å². The lowest BCUT2D eigenvalue weighted by atomic mass is 9.86. The van der Waals surface area contributed by atoms with E-state index in [9.17, 15) is 5.11 Å². The van der Waals surface area contributed by atoms with E-state index in [1.54, 1.807) is 17.7 Å². The number of hydrogen-bond acceptors (Lipinski definition) is 5. The normalized spacial score (nSPS) is 18.8. The summed E-state index contributed by atoms with van der Waals surface area (Å²) >= 11 is 0. The van der Waals surface area contributed by atoms with Gasteiger partial charge in [-0.15, -0.1) is 5.10 Å². The Bertz CT molecular complexity index is 1690. The van der Waals surface area contributed by atoms with Crippen molar-refractivity contribution >= 4 is 21.9 Å². The Kier molecular flexibility index (Phi) is 6.02. The predicted octanol–water partition coefficient (Wildman–Crippen LogP) is 6.07. The van der Waals surface area contributed by atoms with Gasteiger partial charge < -0.3 is 14.4 Å². The van der Waals surface area contributed by atoms with Gasteiger partial charge in [-0.05, 0) is 75.1 Å². The monoisotopic (exact) mass is 539 g/mol. The minimum atomic E-state index is -1.23. The minimum Gasteiger partial charge on any atom is -0.385 e. The van der Waals surface area contributed by atoms with E-state index in [4.69, 9.17) is 9.72 Å². The quantitative estimate of drug-likeness (QED) is 0.284. The van der Waals surface area contributed by atoms with Gasteiger partial charge in [0.1, 0.15) is 5.82 Å². The maximum absolute atomic E-state index is 15.8. The SMILES string of the molecule is Cc1nnn(C)c1-c1cnc2c3cc(F)c(C(C)(O)C4CC4)cc3n([C@@H](c3ccccc3)C3CCOCC3)c2c1. The molecule has 5 aromatic rings. The molecule has 7 nitrogen and oxygen atoms in total. The number of aromatic nitrogens is 5. The number of rotatable bonds is 6. The molecule has 1 unspecified atom stereocenters. The highest BCUT2D eigenvalue weighted by atomic mass is 19.1. The summed E-state index contributed by atoms with van der Waals surface area (Å²) in [7, 11) is 1.88. The van der Waals surface area contributed by atoms with Crippen LogP contribution in [0.3, 0.4) is 0 Å². The number of halogens is 1. The molecular weight excluding hydrogens is 505 g/mol. The molecule has 1 saturated carbocycles. The topological polar surface area (TPSA) is 78.0 Å². The van der Waals surface area contributed by atoms with Crippen LogP contribution in [0.15, 0.2) is 54.7 Å². The Hall–Kier alpha value is -3.62. The Morgan fingerprint density at radius 3 is 2.48 bits per heavy atom. The largest absolute Gasteiger partial charge is 0.385 e. The summed E-state index contributed by atoms with van der Waals surface area (Å²) in [6.45, 7) is 5.12. The summed E-state index contributed by atoms with van der Waals surface area (Å²) in [6.07, 6.45) is 5.49. The summed E-state index contributed by atoms with van der Waals surface area (Å²) in [5.74, 6) is 0.00206. The van der Waals surface area contributed by atoms with E-state index in [-0.39, 0.29) is 17.8 Å². The van der Waals surface area contributed by atoms with Crippen molar-refractivity contribution in [1.82, 2.24) is 24.5 Å². The second-order valence-electron chi connectivity index (χ2n) is 11.7. The van der Waals surface area contributed by atoms with Gasteiger partial charge >= 0.3 is 0 Å². The van der Waals surface area contributed by atoms with Crippen molar-refractivity contribution in [2.24, 2.45) is 18.9 Å². The predicted molar refractivity (Wildman–Crippen MR) is 152 cm³/mol. The third kappa shape index (κ3) is 4.04. The van der Waals surface area contributed by atoms with Crippen molar-refractivity contribution in [2.75, 3.05) is 13.2 Å². The van der Waals surface area contributed by atoms with E-state index >= 15 is 4.39 Å². The number of benzene rings is 2. The lowest BCUT2D eigenvalue weighted by Gasteiger charge is -2.33. The van der Waals surface area contributed by atoms with Crippen molar-refractivity contribution in [1.29, 1.82) is 0 Å². The maximum Gasteiger partial charge on any atom is 0.130 e. The summed E-state index contributed by atoms with van der Waals surface area (Å²) in [4.78, 5) is 4.93. The first-order valence-electron chi connectivity index (χ1n) is 14.2. The van der Waals surface area contributed by atoms with E-state index in [2.05, 4.69) is 45.2 Å². The highest BCUT2D eigenvalue weighted by molar-refractivity contribution is 6.07. The molecular formula is C32H34FN5O2. The molecule has 0 spiro atoms. The van der Waals surface area contributed by atoms with Crippen LogP contribution in [-0.2, 0) is 17.4 Å². The van der Waals surface area contributed by atoms with Crippen LogP contribution in [0, 0.1) is 24.6 Å². The molecule has 2 aliphatic rings. The van der Waals surface area contributed by atoms with Crippen LogP contribution < -0.4 is 0 Å². The van der Waals surface area contributed by atoms with E-state index in [0.29, 0.717) is 24.7 Å². The number of pyridine rings is 1. The molecule has 8 heteroatoms. The fourth-order valence-electron chi connectivity index (χ4n) is 6.78. The number of hydrogen-bond donors (Lipinski definition) is 1. The molecule has 1 aliphatic carbocycles. The van der Waals surface area contributed by atoms with E-state index in [1.807, 2.05) is 32.3 Å². The van der Waals surface area contributed by atoms with Gasteiger partial charge in [0.25, 0.3) is 0 Å². The van der Waals surface area contributed by atoms with Crippen LogP contribution in [0.1, 0.15) is 55.5 Å². The number of ether oxygens (including phenoxy) is 1. The zero-order valence-electron chi connectivity index (χ0n) is 23.1. The molecule has 3 aromatic heterocycles. The first kappa shape index (κ1) is 25.4. The van der Waals surface area contributed by atoms with Crippen LogP contribution in [0.2, 0.25) is 0 Å². The van der Waals surface area contributed by atoms with Crippen molar-refractivity contribution in [3.63, 3.8) is 0 Å². The molecule has 2 aromatic carbocycles. The van der Waals surface area contributed by atoms with Gasteiger partial charge in [-0.2, -0.15) is 0 Å². The van der Waals surface area contributed by atoms with Crippen LogP contribution in [0.5, 0.6) is 0 Å². The zero-order valence-corrected chi connectivity index (χ0v) is 23.1. The molecule has 1 aliphatic heterocycles. The third-order valence-electron chi connectivity index (χ3n) is 9.05. The van der Waals surface area contributed by atoms with E-state index in [0.717, 1.165) is 64.6 Å². The molecule has 7 rings (SSSR count). The smallest absolute Gasteiger partial charge is 0.130 e. The molecule has 1 N–H and O–H groups in total. The molecule has 0 bridgehead atoms. The average Bonchev–Trinajstić information content (AvgIpc) is 3.72. The minimum absolute atomic E-state index is 0.0166. The Morgan fingerprint density at radius 1 is 1.05 bits per heavy atom. The second-order valence-corrected chi connectivity index (χ2v) is 11.7. The summed E-state index contributed by atoms with van der Waals surface area (Å²) in [5.41, 5.74) is 5.52. The van der Waals surface area contributed by atoms with Gasteiger partial charge in [-0.1, -0.05) is 35.5 Å². The number of fused-ring (bicyclic) bond motifs is 3. The van der Waals surface area contributed by atoms with Crippen LogP contribution in [0.4, 0.5) is 4.39 Å². The van der Waals surface area contributed by atoms with Crippen molar-refractivity contribution in [3.05, 3.63) is 77.4 Å². The number of nitrogens with zero attached hydrogens (tertiary/aromatic N) is 5. The van der Waals surface area contributed by atoms with Crippen LogP contribution in [-0.4, -0.2) is 42.9 Å². The molecule has 2 atom stereocenters. The molecule has 4 heterocycles. The van der Waals surface area contributed by atoms with Gasteiger partial charge in [0.05, 0.1) is 39.6 Å². The Balaban J connectivity index is 1.56. The summed E-state index contributed by atoms with van der Waals surface area (Å²) in [6, 6.07) is 16.1. The summed E-state index contributed by atoms with van der Waals surface area (Å²) in [5, 5.41) is 20.7. The van der Waals surface area contributed by atoms with Crippen LogP contribution in [0.25, 0.3) is 33.2 Å². The van der Waals surface area contributed by atoms with Gasteiger partial charge in [0.2, 0.25) is 0 Å². The van der Waals surface area contributed by atoms with Gasteiger partial charge in [0, 0.05) is 43.0 Å². The van der Waals surface area contributed by atoms with Crippen molar-refractivity contribution < 1.29 is 14.2 Å². The lowest BCUT2D eigenvalue weighted by molar-refractivity contribution is 0.0296. The summed E-state index contributed by atoms with van der Waals surface area (Å²) < 4.78 is 25.7. The Morgan fingerprint density at radius 2 is 1.80 bits per heavy atom. The van der Waals surface area contributed by atoms with E-state index in [1.165, 1.54) is 5.56 Å². The molecule has 0 radical (unpaired) electrons. The molecule has 206 valence electrons. The van der Waals surface area contributed by atoms with Gasteiger partial charge in [-0.3, -0.25) is 4.98 Å². The fourth-order valence-corrected chi connectivity index (χ4v) is 6.78. The maximum atomic E-state index is 15.8. The Labute approximate surface area is 232 Å². The highest BCUT2D eigenvalue weighted by Gasteiger charge is 2.43. The van der Waals surface area contributed by atoms with E-state index < -0.39 is 5.60 Å². The highest BCUT2D eigenvalue weighted by Crippen LogP contribution is 2.48. The fraction of sp³-hybridized carbons (Fsp3) is 0.406. The van der Waals surface area contributed by atoms with Crippen molar-refractivity contribution in [2.45, 2.75) is 51.2 Å². The van der Waals surface area contributed by atoms with Crippen molar-refractivity contribution in [3.8, 4) is 11.3 Å². The lowest BCUT2D eigenvalue weighted by Crippen LogP contribution is -2.27. The first-order valence-corrected chi connectivity index (χ1v) is 14.2. The third-order valence-corrected chi connectivity index (χ3v) is 9.05. The number of aryl methyl sites for hydroxylation is 2. The number of aliphatic hydroxyl groups is 1.